The van der Waals surface area contributed by atoms with E-state index < -0.39 is 5.97 Å². The van der Waals surface area contributed by atoms with Crippen molar-refractivity contribution in [1.29, 1.82) is 0 Å². The Balaban J connectivity index is 1.47. The zero-order valence-electron chi connectivity index (χ0n) is 17.8. The van der Waals surface area contributed by atoms with Gasteiger partial charge in [-0.1, -0.05) is 23.8 Å². The van der Waals surface area contributed by atoms with Crippen LogP contribution in [0.2, 0.25) is 0 Å². The van der Waals surface area contributed by atoms with Crippen LogP contribution in [0.1, 0.15) is 27.4 Å². The van der Waals surface area contributed by atoms with E-state index in [4.69, 9.17) is 19.0 Å². The van der Waals surface area contributed by atoms with E-state index >= 15 is 0 Å². The first-order chi connectivity index (χ1) is 15.9. The van der Waals surface area contributed by atoms with Gasteiger partial charge in [0, 0.05) is 0 Å². The number of aromatic carboxylic acids is 1. The minimum Gasteiger partial charge on any atom is -0.493 e. The summed E-state index contributed by atoms with van der Waals surface area (Å²) in [6.07, 6.45) is 1.75. The van der Waals surface area contributed by atoms with Gasteiger partial charge in [0.25, 0.3) is 5.91 Å². The average Bonchev–Trinajstić information content (AvgIpc) is 3.41. The molecule has 2 heterocycles. The van der Waals surface area contributed by atoms with E-state index in [-0.39, 0.29) is 18.3 Å². The molecule has 0 aliphatic carbocycles. The van der Waals surface area contributed by atoms with Crippen LogP contribution in [0, 0.1) is 6.92 Å². The van der Waals surface area contributed by atoms with Gasteiger partial charge in [-0.25, -0.2) is 9.79 Å². The number of amides is 1. The lowest BCUT2D eigenvalue weighted by Gasteiger charge is -2.10. The number of thioether (sulfide) groups is 1. The lowest BCUT2D eigenvalue weighted by molar-refractivity contribution is -0.115. The maximum absolute atomic E-state index is 12.4. The molecule has 0 unspecified atom stereocenters. The summed E-state index contributed by atoms with van der Waals surface area (Å²) in [5.74, 6) is -0.223. The van der Waals surface area contributed by atoms with Crippen molar-refractivity contribution in [2.45, 2.75) is 13.5 Å². The number of benzene rings is 2. The highest BCUT2D eigenvalue weighted by Crippen LogP contribution is 2.32. The first-order valence-electron chi connectivity index (χ1n) is 9.90. The second-order valence-electron chi connectivity index (χ2n) is 7.09. The maximum Gasteiger partial charge on any atom is 0.371 e. The highest BCUT2D eigenvalue weighted by Gasteiger charge is 2.24. The summed E-state index contributed by atoms with van der Waals surface area (Å²) in [5, 5.41) is 12.2. The van der Waals surface area contributed by atoms with Crippen molar-refractivity contribution < 1.29 is 28.6 Å². The molecule has 0 atom stereocenters. The van der Waals surface area contributed by atoms with Gasteiger partial charge in [0.05, 0.1) is 17.7 Å². The van der Waals surface area contributed by atoms with E-state index in [1.807, 2.05) is 31.2 Å². The number of carboxylic acid groups (broad SMARTS) is 1. The Kier molecular flexibility index (Phi) is 6.50. The van der Waals surface area contributed by atoms with Gasteiger partial charge in [0.2, 0.25) is 5.76 Å². The predicted molar refractivity (Wildman–Crippen MR) is 125 cm³/mol. The van der Waals surface area contributed by atoms with Gasteiger partial charge in [-0.2, -0.15) is 0 Å². The number of carbonyl (C=O) groups is 2. The quantitative estimate of drug-likeness (QED) is 0.485. The van der Waals surface area contributed by atoms with Crippen molar-refractivity contribution in [1.82, 2.24) is 5.32 Å². The van der Waals surface area contributed by atoms with Crippen LogP contribution in [0.25, 0.3) is 6.08 Å². The minimum atomic E-state index is -1.14. The lowest BCUT2D eigenvalue weighted by Crippen LogP contribution is -2.19. The Morgan fingerprint density at radius 1 is 1.15 bits per heavy atom. The fourth-order valence-electron chi connectivity index (χ4n) is 2.98. The number of aryl methyl sites for hydroxylation is 1. The molecule has 1 aliphatic rings. The van der Waals surface area contributed by atoms with Crippen molar-refractivity contribution in [3.63, 3.8) is 0 Å². The molecule has 1 aliphatic heterocycles. The molecule has 4 rings (SSSR count). The molecule has 0 radical (unpaired) electrons. The molecule has 33 heavy (non-hydrogen) atoms. The lowest BCUT2D eigenvalue weighted by atomic mass is 10.2. The Labute approximate surface area is 193 Å². The van der Waals surface area contributed by atoms with Crippen LogP contribution in [0.5, 0.6) is 11.5 Å². The van der Waals surface area contributed by atoms with E-state index in [0.29, 0.717) is 27.3 Å². The number of ether oxygens (including phenoxy) is 2. The predicted octanol–water partition coefficient (Wildman–Crippen LogP) is 4.77. The van der Waals surface area contributed by atoms with E-state index in [1.165, 1.54) is 24.9 Å². The molecule has 9 heteroatoms. The Hall–Kier alpha value is -3.98. The molecule has 3 aromatic rings. The van der Waals surface area contributed by atoms with Crippen LogP contribution in [0.4, 0.5) is 5.69 Å². The fraction of sp³-hybridized carbons (Fsp3) is 0.125. The van der Waals surface area contributed by atoms with Crippen LogP contribution in [0.3, 0.4) is 0 Å². The molecule has 168 valence electrons. The van der Waals surface area contributed by atoms with E-state index in [2.05, 4.69) is 10.3 Å². The number of nitrogens with one attached hydrogen (secondary N) is 1. The number of nitrogens with zero attached hydrogens (tertiary/aromatic N) is 1. The summed E-state index contributed by atoms with van der Waals surface area (Å²) in [5.41, 5.74) is 2.65. The second-order valence-corrected chi connectivity index (χ2v) is 8.12. The number of hydrogen-bond donors (Lipinski definition) is 2. The van der Waals surface area contributed by atoms with Crippen molar-refractivity contribution in [3.05, 3.63) is 82.1 Å². The SMILES string of the molecule is COc1cc(/C=C2\SC(=Nc3ccc(C)cc3)NC2=O)ccc1OCc1ccc(C(=O)O)o1. The van der Waals surface area contributed by atoms with E-state index in [0.717, 1.165) is 16.8 Å². The monoisotopic (exact) mass is 464 g/mol. The molecule has 2 N–H and O–H groups in total. The van der Waals surface area contributed by atoms with Crippen LogP contribution >= 0.6 is 11.8 Å². The van der Waals surface area contributed by atoms with Gasteiger partial charge in [-0.3, -0.25) is 4.79 Å². The maximum atomic E-state index is 12.4. The third-order valence-corrected chi connectivity index (χ3v) is 5.55. The van der Waals surface area contributed by atoms with Crippen molar-refractivity contribution >= 4 is 40.6 Å². The second kappa shape index (κ2) is 9.66. The summed E-state index contributed by atoms with van der Waals surface area (Å²) in [4.78, 5) is 28.3. The molecule has 1 saturated heterocycles. The third-order valence-electron chi connectivity index (χ3n) is 4.64. The summed E-state index contributed by atoms with van der Waals surface area (Å²) >= 11 is 1.26. The van der Waals surface area contributed by atoms with Crippen molar-refractivity contribution in [3.8, 4) is 11.5 Å². The average molecular weight is 464 g/mol. The van der Waals surface area contributed by atoms with Crippen LogP contribution in [-0.2, 0) is 11.4 Å². The molecular weight excluding hydrogens is 444 g/mol. The number of amidine groups is 1. The summed E-state index contributed by atoms with van der Waals surface area (Å²) in [6, 6.07) is 15.9. The molecule has 0 bridgehead atoms. The summed E-state index contributed by atoms with van der Waals surface area (Å²) in [6.45, 7) is 2.04. The van der Waals surface area contributed by atoms with Crippen LogP contribution in [-0.4, -0.2) is 29.3 Å². The Morgan fingerprint density at radius 2 is 1.94 bits per heavy atom. The van der Waals surface area contributed by atoms with Gasteiger partial charge >= 0.3 is 5.97 Å². The van der Waals surface area contributed by atoms with Gasteiger partial charge < -0.3 is 24.3 Å². The third kappa shape index (κ3) is 5.45. The molecule has 1 amide bonds. The number of aliphatic imine (C=N–C) groups is 1. The first-order valence-corrected chi connectivity index (χ1v) is 10.7. The highest BCUT2D eigenvalue weighted by atomic mass is 32.2. The van der Waals surface area contributed by atoms with Crippen LogP contribution in [0.15, 0.2) is 68.9 Å². The topological polar surface area (TPSA) is 110 Å². The molecule has 2 aromatic carbocycles. The first kappa shape index (κ1) is 22.2. The zero-order chi connectivity index (χ0) is 23.4. The highest BCUT2D eigenvalue weighted by molar-refractivity contribution is 8.18. The smallest absolute Gasteiger partial charge is 0.371 e. The normalized spacial score (nSPS) is 15.6. The molecule has 8 nitrogen and oxygen atoms in total. The van der Waals surface area contributed by atoms with Crippen molar-refractivity contribution in [2.75, 3.05) is 7.11 Å². The number of carboxylic acids is 1. The number of methoxy groups -OCH3 is 1. The summed E-state index contributed by atoms with van der Waals surface area (Å²) < 4.78 is 16.3. The minimum absolute atomic E-state index is 0.0428. The molecule has 0 saturated carbocycles. The number of hydrogen-bond acceptors (Lipinski definition) is 7. The molecular formula is C24H20N2O6S. The Bertz CT molecular complexity index is 1260. The van der Waals surface area contributed by atoms with Crippen molar-refractivity contribution in [2.24, 2.45) is 4.99 Å². The molecule has 0 spiro atoms. The largest absolute Gasteiger partial charge is 0.493 e. The van der Waals surface area contributed by atoms with E-state index in [1.54, 1.807) is 30.3 Å². The zero-order valence-corrected chi connectivity index (χ0v) is 18.6. The van der Waals surface area contributed by atoms with Gasteiger partial charge in [-0.05, 0) is 66.7 Å². The number of carbonyl (C=O) groups excluding carboxylic acids is 1. The van der Waals surface area contributed by atoms with Gasteiger partial charge in [0.1, 0.15) is 12.4 Å². The number of rotatable bonds is 7. The number of furan rings is 1. The van der Waals surface area contributed by atoms with E-state index in [9.17, 15) is 9.59 Å². The standard InChI is InChI=1S/C24H20N2O6S/c1-14-3-6-16(7-4-14)25-24-26-22(27)21(33-24)12-15-5-9-18(20(11-15)30-2)31-13-17-8-10-19(32-17)23(28)29/h3-12H,13H2,1-2H3,(H,28,29)(H,25,26,27)/b21-12-. The summed E-state index contributed by atoms with van der Waals surface area (Å²) in [7, 11) is 1.51. The van der Waals surface area contributed by atoms with Gasteiger partial charge in [-0.15, -0.1) is 0 Å². The molecule has 1 aromatic heterocycles. The van der Waals surface area contributed by atoms with Crippen LogP contribution < -0.4 is 14.8 Å². The Morgan fingerprint density at radius 3 is 2.64 bits per heavy atom. The molecule has 1 fully saturated rings. The fourth-order valence-corrected chi connectivity index (χ4v) is 3.82. The van der Waals surface area contributed by atoms with Gasteiger partial charge in [0.15, 0.2) is 16.7 Å².